The molecule has 1 aromatic carbocycles. The summed E-state index contributed by atoms with van der Waals surface area (Å²) in [4.78, 5) is 30.1. The predicted molar refractivity (Wildman–Crippen MR) is 150 cm³/mol. The third-order valence-corrected chi connectivity index (χ3v) is 8.97. The molecule has 206 valence electrons. The average molecular weight is 522 g/mol. The molecule has 38 heavy (non-hydrogen) atoms. The minimum Gasteiger partial charge on any atom is -0.372 e. The van der Waals surface area contributed by atoms with Crippen LogP contribution in [0.3, 0.4) is 0 Å². The molecule has 5 rings (SSSR count). The molecule has 0 bridgehead atoms. The molecule has 2 saturated heterocycles. The fraction of sp³-hybridized carbons (Fsp3) is 0.645. The molecule has 7 heteroatoms. The van der Waals surface area contributed by atoms with Gasteiger partial charge >= 0.3 is 0 Å². The van der Waals surface area contributed by atoms with Crippen LogP contribution in [0.2, 0.25) is 0 Å². The number of ether oxygens (including phenoxy) is 1. The maximum Gasteiger partial charge on any atom is 0.272 e. The Hall–Kier alpha value is -2.51. The molecule has 1 amide bonds. The molecule has 0 radical (unpaired) electrons. The summed E-state index contributed by atoms with van der Waals surface area (Å²) in [6, 6.07) is 6.80. The van der Waals surface area contributed by atoms with Crippen molar-refractivity contribution in [2.24, 2.45) is 5.92 Å². The van der Waals surface area contributed by atoms with Gasteiger partial charge in [0.2, 0.25) is 0 Å². The van der Waals surface area contributed by atoms with E-state index in [9.17, 15) is 9.59 Å². The molecule has 0 unspecified atom stereocenters. The third kappa shape index (κ3) is 6.20. The van der Waals surface area contributed by atoms with Gasteiger partial charge in [0.1, 0.15) is 18.0 Å². The van der Waals surface area contributed by atoms with Crippen LogP contribution in [0.25, 0.3) is 0 Å². The number of carbonyl (C=O) groups is 2. The van der Waals surface area contributed by atoms with Crippen molar-refractivity contribution >= 4 is 23.1 Å². The van der Waals surface area contributed by atoms with Crippen LogP contribution in [0, 0.1) is 11.3 Å². The number of nitrogens with one attached hydrogen (secondary N) is 1. The highest BCUT2D eigenvalue weighted by molar-refractivity contribution is 6.44. The number of nitrogens with zero attached hydrogens (tertiary/aromatic N) is 2. The van der Waals surface area contributed by atoms with Gasteiger partial charge in [-0.2, -0.15) is 0 Å². The smallest absolute Gasteiger partial charge is 0.272 e. The second-order valence-corrected chi connectivity index (χ2v) is 11.9. The second kappa shape index (κ2) is 12.1. The number of nitrogens with two attached hydrogens (primary N) is 1. The van der Waals surface area contributed by atoms with E-state index in [1.54, 1.807) is 10.5 Å². The number of ketones is 1. The first kappa shape index (κ1) is 27.1. The Kier molecular flexibility index (Phi) is 8.64. The highest BCUT2D eigenvalue weighted by atomic mass is 16.5. The van der Waals surface area contributed by atoms with Crippen molar-refractivity contribution in [1.82, 2.24) is 4.90 Å². The van der Waals surface area contributed by atoms with Gasteiger partial charge in [-0.05, 0) is 88.3 Å². The number of carbonyl (C=O) groups excluding carboxylic acids is 2. The van der Waals surface area contributed by atoms with Crippen LogP contribution in [-0.4, -0.2) is 67.2 Å². The second-order valence-electron chi connectivity index (χ2n) is 11.9. The number of allylic oxidation sites excluding steroid dienone is 1. The molecule has 4 aliphatic rings. The quantitative estimate of drug-likeness (QED) is 0.488. The van der Waals surface area contributed by atoms with Gasteiger partial charge in [-0.15, -0.1) is 0 Å². The maximum atomic E-state index is 13.0. The first-order valence-electron chi connectivity index (χ1n) is 14.8. The van der Waals surface area contributed by atoms with Crippen molar-refractivity contribution in [1.29, 1.82) is 5.41 Å². The lowest BCUT2D eigenvalue weighted by Crippen LogP contribution is -2.84. The summed E-state index contributed by atoms with van der Waals surface area (Å²) < 4.78 is 5.74. The summed E-state index contributed by atoms with van der Waals surface area (Å²) in [5.74, 6) is 0.700. The van der Waals surface area contributed by atoms with E-state index in [0.29, 0.717) is 32.0 Å². The van der Waals surface area contributed by atoms with Gasteiger partial charge in [0, 0.05) is 50.3 Å². The number of anilines is 1. The van der Waals surface area contributed by atoms with Gasteiger partial charge in [0.05, 0.1) is 12.2 Å². The largest absolute Gasteiger partial charge is 0.372 e. The lowest BCUT2D eigenvalue weighted by atomic mass is 9.90. The molecule has 0 spiro atoms. The van der Waals surface area contributed by atoms with E-state index in [0.717, 1.165) is 62.9 Å². The number of fused-ring (bicyclic) bond motifs is 1. The molecule has 2 fully saturated rings. The van der Waals surface area contributed by atoms with Gasteiger partial charge in [-0.3, -0.25) is 15.0 Å². The fourth-order valence-electron chi connectivity index (χ4n) is 6.97. The number of quaternary nitrogens is 1. The Balaban J connectivity index is 1.06. The van der Waals surface area contributed by atoms with Crippen molar-refractivity contribution in [3.8, 4) is 0 Å². The van der Waals surface area contributed by atoms with E-state index in [-0.39, 0.29) is 29.6 Å². The van der Waals surface area contributed by atoms with Gasteiger partial charge < -0.3 is 19.9 Å². The lowest BCUT2D eigenvalue weighted by molar-refractivity contribution is -0.596. The summed E-state index contributed by atoms with van der Waals surface area (Å²) in [6.07, 6.45) is 10.2. The molecular formula is C31H45N4O3+. The van der Waals surface area contributed by atoms with Crippen LogP contribution in [-0.2, 0) is 27.2 Å². The number of morpholine rings is 1. The third-order valence-electron chi connectivity index (χ3n) is 8.97. The molecule has 0 aromatic heterocycles. The van der Waals surface area contributed by atoms with Gasteiger partial charge in [-0.25, -0.2) is 0 Å². The van der Waals surface area contributed by atoms with Crippen LogP contribution in [0.15, 0.2) is 29.5 Å². The highest BCUT2D eigenvalue weighted by Gasteiger charge is 2.32. The summed E-state index contributed by atoms with van der Waals surface area (Å²) in [7, 11) is 0. The summed E-state index contributed by atoms with van der Waals surface area (Å²) in [5.41, 5.74) is 6.55. The minimum atomic E-state index is -0.201. The van der Waals surface area contributed by atoms with E-state index in [1.165, 1.54) is 30.5 Å². The molecule has 7 nitrogen and oxygen atoms in total. The number of Topliss-reactive ketones (excluding diaryl/α,β-unsaturated/α-hetero) is 1. The Morgan fingerprint density at radius 1 is 1.03 bits per heavy atom. The number of hydrogen-bond acceptors (Lipinski definition) is 5. The first-order valence-corrected chi connectivity index (χ1v) is 14.8. The van der Waals surface area contributed by atoms with E-state index in [2.05, 4.69) is 23.1 Å². The zero-order chi connectivity index (χ0) is 26.6. The van der Waals surface area contributed by atoms with Gasteiger partial charge in [0.15, 0.2) is 5.78 Å². The molecule has 2 aliphatic heterocycles. The fourth-order valence-corrected chi connectivity index (χ4v) is 6.97. The van der Waals surface area contributed by atoms with Crippen molar-refractivity contribution in [2.75, 3.05) is 37.6 Å². The first-order chi connectivity index (χ1) is 18.4. The van der Waals surface area contributed by atoms with Crippen LogP contribution < -0.4 is 10.2 Å². The molecular weight excluding hydrogens is 476 g/mol. The topological polar surface area (TPSA) is 90.3 Å². The van der Waals surface area contributed by atoms with Crippen molar-refractivity contribution in [2.45, 2.75) is 90.3 Å². The Morgan fingerprint density at radius 2 is 1.76 bits per heavy atom. The van der Waals surface area contributed by atoms with Gasteiger partial charge in [-0.1, -0.05) is 12.1 Å². The Labute approximate surface area is 227 Å². The minimum absolute atomic E-state index is 0.0111. The Bertz CT molecular complexity index is 1080. The molecule has 2 atom stereocenters. The van der Waals surface area contributed by atoms with Crippen molar-refractivity contribution in [3.05, 3.63) is 40.6 Å². The van der Waals surface area contributed by atoms with E-state index < -0.39 is 0 Å². The lowest BCUT2D eigenvalue weighted by Gasteiger charge is -2.35. The SMILES string of the molecule is C[C@@H]1CN(C(=O)C(=N)C2=C([NH2+]CC(=O)CCC3CCN(c4cccc5c4CCC5)CC3)CCC2)C[C@H](C)O1. The highest BCUT2D eigenvalue weighted by Crippen LogP contribution is 2.34. The number of piperidine rings is 1. The standard InChI is InChI=1S/C31H44N4O3/c1-21-19-35(20-22(2)38-21)31(37)30(32)27-9-5-10-28(27)33-18-25(36)13-12-23-14-16-34(17-15-23)29-11-4-7-24-6-3-8-26(24)29/h4,7,11,21-23,32-33H,3,5-6,8-10,12-20H2,1-2H3/p+1/t21-,22+. The summed E-state index contributed by atoms with van der Waals surface area (Å²) in [6.45, 7) is 7.60. The normalized spacial score (nSPS) is 24.2. The predicted octanol–water partition coefficient (Wildman–Crippen LogP) is 3.40. The number of rotatable bonds is 9. The number of amides is 1. The zero-order valence-corrected chi connectivity index (χ0v) is 23.3. The molecule has 0 saturated carbocycles. The van der Waals surface area contributed by atoms with Crippen LogP contribution in [0.4, 0.5) is 5.69 Å². The summed E-state index contributed by atoms with van der Waals surface area (Å²) in [5, 5.41) is 10.6. The zero-order valence-electron chi connectivity index (χ0n) is 23.3. The van der Waals surface area contributed by atoms with Crippen LogP contribution in [0.5, 0.6) is 0 Å². The van der Waals surface area contributed by atoms with E-state index >= 15 is 0 Å². The average Bonchev–Trinajstić information content (AvgIpc) is 3.59. The summed E-state index contributed by atoms with van der Waals surface area (Å²) >= 11 is 0. The molecule has 3 N–H and O–H groups in total. The maximum absolute atomic E-state index is 13.0. The number of benzene rings is 1. The molecule has 1 aromatic rings. The van der Waals surface area contributed by atoms with Gasteiger partial charge in [0.25, 0.3) is 5.91 Å². The number of hydrogen-bond donors (Lipinski definition) is 2. The number of aryl methyl sites for hydroxylation is 1. The van der Waals surface area contributed by atoms with Crippen LogP contribution in [0.1, 0.15) is 76.3 Å². The van der Waals surface area contributed by atoms with Crippen LogP contribution >= 0.6 is 0 Å². The van der Waals surface area contributed by atoms with Crippen molar-refractivity contribution in [3.63, 3.8) is 0 Å². The monoisotopic (exact) mass is 521 g/mol. The van der Waals surface area contributed by atoms with Crippen molar-refractivity contribution < 1.29 is 19.6 Å². The Morgan fingerprint density at radius 3 is 2.53 bits per heavy atom. The van der Waals surface area contributed by atoms with E-state index in [4.69, 9.17) is 10.1 Å². The molecule has 2 aliphatic carbocycles. The van der Waals surface area contributed by atoms with E-state index in [1.807, 2.05) is 19.2 Å². The molecule has 2 heterocycles.